The van der Waals surface area contributed by atoms with Gasteiger partial charge in [0, 0.05) is 37.1 Å². The van der Waals surface area contributed by atoms with Crippen molar-refractivity contribution in [2.45, 2.75) is 19.0 Å². The molecule has 2 unspecified atom stereocenters. The highest BCUT2D eigenvalue weighted by molar-refractivity contribution is 7.10. The molecule has 2 atom stereocenters. The third kappa shape index (κ3) is 2.83. The van der Waals surface area contributed by atoms with E-state index < -0.39 is 0 Å². The van der Waals surface area contributed by atoms with Crippen LogP contribution in [-0.2, 0) is 0 Å². The van der Waals surface area contributed by atoms with Gasteiger partial charge in [-0.25, -0.2) is 0 Å². The van der Waals surface area contributed by atoms with Crippen molar-refractivity contribution in [2.75, 3.05) is 33.2 Å². The molecular weight excluding hydrogens is 218 g/mol. The molecule has 1 saturated heterocycles. The minimum atomic E-state index is 0.176. The van der Waals surface area contributed by atoms with E-state index in [1.807, 2.05) is 0 Å². The van der Waals surface area contributed by atoms with Gasteiger partial charge in [0.25, 0.3) is 0 Å². The topological polar surface area (TPSA) is 32.5 Å². The summed E-state index contributed by atoms with van der Waals surface area (Å²) in [5, 5.41) is 2.10. The highest BCUT2D eigenvalue weighted by atomic mass is 32.1. The zero-order valence-corrected chi connectivity index (χ0v) is 10.9. The molecule has 1 aliphatic heterocycles. The van der Waals surface area contributed by atoms with Crippen molar-refractivity contribution in [3.05, 3.63) is 22.4 Å². The summed E-state index contributed by atoms with van der Waals surface area (Å²) in [5.74, 6) is 0. The summed E-state index contributed by atoms with van der Waals surface area (Å²) in [6, 6.07) is 5.03. The van der Waals surface area contributed by atoms with E-state index in [0.29, 0.717) is 6.04 Å². The highest BCUT2D eigenvalue weighted by Gasteiger charge is 2.22. The lowest BCUT2D eigenvalue weighted by molar-refractivity contribution is 0.101. The fourth-order valence-corrected chi connectivity index (χ4v) is 2.88. The van der Waals surface area contributed by atoms with Crippen molar-refractivity contribution in [3.63, 3.8) is 0 Å². The lowest BCUT2D eigenvalue weighted by Gasteiger charge is -2.38. The maximum Gasteiger partial charge on any atom is 0.0519 e. The van der Waals surface area contributed by atoms with E-state index in [0.717, 1.165) is 26.2 Å². The first-order valence-electron chi connectivity index (χ1n) is 5.88. The molecule has 4 heteroatoms. The smallest absolute Gasteiger partial charge is 0.0519 e. The number of hydrogen-bond donors (Lipinski definition) is 1. The second kappa shape index (κ2) is 5.27. The predicted octanol–water partition coefficient (Wildman–Crippen LogP) is 1.38. The van der Waals surface area contributed by atoms with E-state index in [1.165, 1.54) is 4.88 Å². The summed E-state index contributed by atoms with van der Waals surface area (Å²) >= 11 is 1.76. The van der Waals surface area contributed by atoms with Crippen molar-refractivity contribution in [2.24, 2.45) is 5.73 Å². The quantitative estimate of drug-likeness (QED) is 0.865. The van der Waals surface area contributed by atoms with E-state index in [9.17, 15) is 0 Å². The lowest BCUT2D eigenvalue weighted by atomic mass is 10.1. The molecule has 2 rings (SSSR count). The van der Waals surface area contributed by atoms with Gasteiger partial charge in [0.05, 0.1) is 6.04 Å². The number of nitrogens with two attached hydrogens (primary N) is 1. The molecule has 1 fully saturated rings. The Morgan fingerprint density at radius 1 is 1.56 bits per heavy atom. The second-order valence-corrected chi connectivity index (χ2v) is 5.69. The molecule has 0 bridgehead atoms. The van der Waals surface area contributed by atoms with Gasteiger partial charge in [-0.2, -0.15) is 0 Å². The van der Waals surface area contributed by atoms with Gasteiger partial charge in [-0.3, -0.25) is 4.90 Å². The summed E-state index contributed by atoms with van der Waals surface area (Å²) in [6.45, 7) is 6.69. The van der Waals surface area contributed by atoms with E-state index in [-0.39, 0.29) is 6.04 Å². The Kier molecular flexibility index (Phi) is 3.97. The summed E-state index contributed by atoms with van der Waals surface area (Å²) in [6.07, 6.45) is 0. The zero-order valence-electron chi connectivity index (χ0n) is 10.1. The maximum absolute atomic E-state index is 6.21. The van der Waals surface area contributed by atoms with Gasteiger partial charge in [-0.05, 0) is 25.4 Å². The summed E-state index contributed by atoms with van der Waals surface area (Å²) in [4.78, 5) is 6.19. The van der Waals surface area contributed by atoms with E-state index in [1.54, 1.807) is 11.3 Å². The lowest BCUT2D eigenvalue weighted by Crippen LogP contribution is -2.51. The molecule has 2 heterocycles. The Balaban J connectivity index is 1.86. The number of hydrogen-bond acceptors (Lipinski definition) is 4. The van der Waals surface area contributed by atoms with Crippen LogP contribution in [0.5, 0.6) is 0 Å². The molecule has 0 aromatic carbocycles. The van der Waals surface area contributed by atoms with Crippen LogP contribution in [0.2, 0.25) is 0 Å². The van der Waals surface area contributed by atoms with Gasteiger partial charge in [-0.1, -0.05) is 6.07 Å². The highest BCUT2D eigenvalue weighted by Crippen LogP contribution is 2.18. The van der Waals surface area contributed by atoms with E-state index in [2.05, 4.69) is 41.3 Å². The third-order valence-electron chi connectivity index (χ3n) is 3.41. The molecule has 2 N–H and O–H groups in total. The minimum absolute atomic E-state index is 0.176. The molecule has 1 aromatic rings. The van der Waals surface area contributed by atoms with Crippen LogP contribution < -0.4 is 5.73 Å². The van der Waals surface area contributed by atoms with Gasteiger partial charge < -0.3 is 10.6 Å². The summed E-state index contributed by atoms with van der Waals surface area (Å²) < 4.78 is 0. The van der Waals surface area contributed by atoms with Crippen LogP contribution in [0.25, 0.3) is 0 Å². The van der Waals surface area contributed by atoms with Gasteiger partial charge in [0.15, 0.2) is 0 Å². The molecule has 0 saturated carbocycles. The van der Waals surface area contributed by atoms with Crippen LogP contribution in [0.1, 0.15) is 17.8 Å². The standard InChI is InChI=1S/C12H21N3S/c1-10-8-15(6-5-14(10)2)9-11(13)12-4-3-7-16-12/h3-4,7,10-11H,5-6,8-9,13H2,1-2H3. The number of rotatable bonds is 3. The van der Waals surface area contributed by atoms with E-state index in [4.69, 9.17) is 5.73 Å². The first kappa shape index (κ1) is 12.0. The molecule has 1 aliphatic rings. The van der Waals surface area contributed by atoms with Crippen molar-refractivity contribution in [1.29, 1.82) is 0 Å². The van der Waals surface area contributed by atoms with E-state index >= 15 is 0 Å². The SMILES string of the molecule is CC1CN(CC(N)c2cccs2)CCN1C. The number of thiophene rings is 1. The Bertz CT molecular complexity index is 312. The summed E-state index contributed by atoms with van der Waals surface area (Å²) in [5.41, 5.74) is 6.21. The Morgan fingerprint density at radius 2 is 2.38 bits per heavy atom. The predicted molar refractivity (Wildman–Crippen MR) is 69.8 cm³/mol. The van der Waals surface area contributed by atoms with Crippen LogP contribution in [0.4, 0.5) is 0 Å². The molecule has 90 valence electrons. The number of nitrogens with zero attached hydrogens (tertiary/aromatic N) is 2. The van der Waals surface area contributed by atoms with Gasteiger partial charge in [-0.15, -0.1) is 11.3 Å². The van der Waals surface area contributed by atoms with Crippen molar-refractivity contribution < 1.29 is 0 Å². The van der Waals surface area contributed by atoms with Crippen molar-refractivity contribution >= 4 is 11.3 Å². The second-order valence-electron chi connectivity index (χ2n) is 4.71. The van der Waals surface area contributed by atoms with Crippen LogP contribution >= 0.6 is 11.3 Å². The normalized spacial score (nSPS) is 25.8. The Hall–Kier alpha value is -0.420. The number of likely N-dealkylation sites (N-methyl/N-ethyl adjacent to an activating group) is 1. The van der Waals surface area contributed by atoms with Gasteiger partial charge in [0.1, 0.15) is 0 Å². The average molecular weight is 239 g/mol. The zero-order chi connectivity index (χ0) is 11.5. The first-order chi connectivity index (χ1) is 7.66. The Morgan fingerprint density at radius 3 is 3.00 bits per heavy atom. The van der Waals surface area contributed by atoms with Crippen molar-refractivity contribution in [3.8, 4) is 0 Å². The van der Waals surface area contributed by atoms with Gasteiger partial charge in [0.2, 0.25) is 0 Å². The fraction of sp³-hybridized carbons (Fsp3) is 0.667. The average Bonchev–Trinajstić information content (AvgIpc) is 2.77. The Labute approximate surface area is 102 Å². The van der Waals surface area contributed by atoms with Crippen molar-refractivity contribution in [1.82, 2.24) is 9.80 Å². The van der Waals surface area contributed by atoms with Crippen LogP contribution in [0.15, 0.2) is 17.5 Å². The monoisotopic (exact) mass is 239 g/mol. The maximum atomic E-state index is 6.21. The molecule has 3 nitrogen and oxygen atoms in total. The molecule has 0 aliphatic carbocycles. The molecular formula is C12H21N3S. The number of piperazine rings is 1. The molecule has 0 amide bonds. The van der Waals surface area contributed by atoms with Crippen LogP contribution in [-0.4, -0.2) is 49.1 Å². The van der Waals surface area contributed by atoms with Gasteiger partial charge >= 0.3 is 0 Å². The molecule has 16 heavy (non-hydrogen) atoms. The van der Waals surface area contributed by atoms with Crippen LogP contribution in [0, 0.1) is 0 Å². The summed E-state index contributed by atoms with van der Waals surface area (Å²) in [7, 11) is 2.20. The fourth-order valence-electron chi connectivity index (χ4n) is 2.16. The minimum Gasteiger partial charge on any atom is -0.322 e. The molecule has 1 aromatic heterocycles. The van der Waals surface area contributed by atoms with Crippen LogP contribution in [0.3, 0.4) is 0 Å². The molecule has 0 spiro atoms. The first-order valence-corrected chi connectivity index (χ1v) is 6.76. The third-order valence-corrected chi connectivity index (χ3v) is 4.41. The molecule has 0 radical (unpaired) electrons. The largest absolute Gasteiger partial charge is 0.322 e.